The van der Waals surface area contributed by atoms with Crippen LogP contribution in [0, 0.1) is 13.8 Å². The summed E-state index contributed by atoms with van der Waals surface area (Å²) in [7, 11) is -3.47. The van der Waals surface area contributed by atoms with Crippen LogP contribution in [0.4, 0.5) is 5.82 Å². The van der Waals surface area contributed by atoms with Crippen LogP contribution in [0.5, 0.6) is 0 Å². The molecule has 2 aromatic heterocycles. The third kappa shape index (κ3) is 3.65. The molecule has 1 aliphatic rings. The number of benzene rings is 1. The Hall–Kier alpha value is -2.71. The van der Waals surface area contributed by atoms with Crippen molar-refractivity contribution < 1.29 is 8.42 Å². The molecule has 1 saturated heterocycles. The summed E-state index contributed by atoms with van der Waals surface area (Å²) in [6.45, 7) is 5.85. The zero-order valence-electron chi connectivity index (χ0n) is 16.0. The van der Waals surface area contributed by atoms with Gasteiger partial charge in [0.25, 0.3) is 0 Å². The van der Waals surface area contributed by atoms with Crippen LogP contribution >= 0.6 is 0 Å². The number of aryl methyl sites for hydroxylation is 2. The Bertz CT molecular complexity index is 1050. The van der Waals surface area contributed by atoms with Crippen molar-refractivity contribution >= 4 is 15.8 Å². The molecular weight excluding hydrogens is 374 g/mol. The molecule has 0 saturated carbocycles. The van der Waals surface area contributed by atoms with E-state index in [0.29, 0.717) is 36.9 Å². The van der Waals surface area contributed by atoms with Gasteiger partial charge in [0.05, 0.1) is 4.90 Å². The van der Waals surface area contributed by atoms with E-state index in [0.717, 1.165) is 17.2 Å². The molecule has 0 radical (unpaired) electrons. The van der Waals surface area contributed by atoms with E-state index in [4.69, 9.17) is 0 Å². The maximum absolute atomic E-state index is 12.9. The maximum atomic E-state index is 12.9. The van der Waals surface area contributed by atoms with Crippen molar-refractivity contribution in [2.45, 2.75) is 18.7 Å². The molecular formula is C20H23N5O2S. The maximum Gasteiger partial charge on any atom is 0.243 e. The molecule has 7 nitrogen and oxygen atoms in total. The highest BCUT2D eigenvalue weighted by atomic mass is 32.2. The highest BCUT2D eigenvalue weighted by molar-refractivity contribution is 7.89. The van der Waals surface area contributed by atoms with E-state index in [1.54, 1.807) is 16.4 Å². The van der Waals surface area contributed by atoms with Gasteiger partial charge in [0, 0.05) is 44.6 Å². The molecule has 28 heavy (non-hydrogen) atoms. The van der Waals surface area contributed by atoms with Gasteiger partial charge in [-0.2, -0.15) is 4.31 Å². The molecule has 4 rings (SSSR count). The summed E-state index contributed by atoms with van der Waals surface area (Å²) < 4.78 is 29.3. The minimum atomic E-state index is -3.47. The molecule has 1 fully saturated rings. The molecule has 0 aliphatic carbocycles. The van der Waals surface area contributed by atoms with Crippen LogP contribution in [0.15, 0.2) is 59.8 Å². The topological polar surface area (TPSA) is 71.3 Å². The molecule has 0 unspecified atom stereocenters. The van der Waals surface area contributed by atoms with Gasteiger partial charge in [0.2, 0.25) is 10.0 Å². The minimum absolute atomic E-state index is 0.347. The number of aromatic nitrogens is 3. The first kappa shape index (κ1) is 18.6. The van der Waals surface area contributed by atoms with Crippen molar-refractivity contribution in [3.63, 3.8) is 0 Å². The van der Waals surface area contributed by atoms with Gasteiger partial charge < -0.3 is 9.47 Å². The summed E-state index contributed by atoms with van der Waals surface area (Å²) in [6.07, 6.45) is 3.88. The largest absolute Gasteiger partial charge is 0.354 e. The standard InChI is InChI=1S/C20H23N5O2S/c1-16-5-7-18(8-6-16)28(26,27)25-13-11-24(12-14-25)20-15-19(21-17(2)22-20)23-9-3-4-10-23/h3-10,15H,11-14H2,1-2H3. The fourth-order valence-corrected chi connectivity index (χ4v) is 4.76. The Balaban J connectivity index is 1.51. The lowest BCUT2D eigenvalue weighted by molar-refractivity contribution is 0.383. The van der Waals surface area contributed by atoms with Crippen molar-refractivity contribution in [2.75, 3.05) is 31.1 Å². The third-order valence-electron chi connectivity index (χ3n) is 4.90. The quantitative estimate of drug-likeness (QED) is 0.676. The summed E-state index contributed by atoms with van der Waals surface area (Å²) in [4.78, 5) is 11.5. The van der Waals surface area contributed by atoms with E-state index in [9.17, 15) is 8.42 Å². The average molecular weight is 398 g/mol. The summed E-state index contributed by atoms with van der Waals surface area (Å²) in [5, 5.41) is 0. The van der Waals surface area contributed by atoms with E-state index >= 15 is 0 Å². The summed E-state index contributed by atoms with van der Waals surface area (Å²) >= 11 is 0. The van der Waals surface area contributed by atoms with Crippen LogP contribution in [0.3, 0.4) is 0 Å². The van der Waals surface area contributed by atoms with E-state index in [1.807, 2.05) is 61.1 Å². The fourth-order valence-electron chi connectivity index (χ4n) is 3.33. The van der Waals surface area contributed by atoms with Crippen LogP contribution < -0.4 is 4.90 Å². The number of hydrogen-bond acceptors (Lipinski definition) is 5. The number of nitrogens with zero attached hydrogens (tertiary/aromatic N) is 5. The SMILES string of the molecule is Cc1ccc(S(=O)(=O)N2CCN(c3cc(-n4cccc4)nc(C)n3)CC2)cc1. The fraction of sp³-hybridized carbons (Fsp3) is 0.300. The minimum Gasteiger partial charge on any atom is -0.354 e. The lowest BCUT2D eigenvalue weighted by Crippen LogP contribution is -2.49. The average Bonchev–Trinajstić information content (AvgIpc) is 3.23. The van der Waals surface area contributed by atoms with Crippen molar-refractivity contribution in [1.29, 1.82) is 0 Å². The number of rotatable bonds is 4. The third-order valence-corrected chi connectivity index (χ3v) is 6.81. The van der Waals surface area contributed by atoms with Crippen LogP contribution in [0.1, 0.15) is 11.4 Å². The van der Waals surface area contributed by atoms with E-state index < -0.39 is 10.0 Å². The van der Waals surface area contributed by atoms with Crippen molar-refractivity contribution in [2.24, 2.45) is 0 Å². The molecule has 0 atom stereocenters. The Morgan fingerprint density at radius 3 is 2.11 bits per heavy atom. The highest BCUT2D eigenvalue weighted by Crippen LogP contribution is 2.22. The van der Waals surface area contributed by atoms with E-state index in [-0.39, 0.29) is 0 Å². The molecule has 0 spiro atoms. The first-order valence-corrected chi connectivity index (χ1v) is 10.7. The Morgan fingerprint density at radius 1 is 0.857 bits per heavy atom. The molecule has 3 heterocycles. The van der Waals surface area contributed by atoms with Gasteiger partial charge in [-0.25, -0.2) is 18.4 Å². The van der Waals surface area contributed by atoms with Crippen molar-refractivity contribution in [3.05, 3.63) is 66.2 Å². The van der Waals surface area contributed by atoms with Gasteiger partial charge in [-0.15, -0.1) is 0 Å². The predicted molar refractivity (Wildman–Crippen MR) is 108 cm³/mol. The van der Waals surface area contributed by atoms with E-state index in [1.165, 1.54) is 0 Å². The first-order valence-electron chi connectivity index (χ1n) is 9.24. The molecule has 1 aromatic carbocycles. The van der Waals surface area contributed by atoms with Crippen LogP contribution in [0.2, 0.25) is 0 Å². The zero-order chi connectivity index (χ0) is 19.7. The van der Waals surface area contributed by atoms with Crippen molar-refractivity contribution in [3.8, 4) is 5.82 Å². The zero-order valence-corrected chi connectivity index (χ0v) is 16.8. The van der Waals surface area contributed by atoms with Gasteiger partial charge in [0.1, 0.15) is 17.5 Å². The van der Waals surface area contributed by atoms with Gasteiger partial charge in [-0.05, 0) is 38.1 Å². The molecule has 0 amide bonds. The van der Waals surface area contributed by atoms with Crippen LogP contribution in [-0.2, 0) is 10.0 Å². The number of piperazine rings is 1. The second kappa shape index (κ2) is 7.37. The van der Waals surface area contributed by atoms with Gasteiger partial charge in [0.15, 0.2) is 0 Å². The molecule has 1 aliphatic heterocycles. The van der Waals surface area contributed by atoms with Gasteiger partial charge >= 0.3 is 0 Å². The predicted octanol–water partition coefficient (Wildman–Crippen LogP) is 2.40. The highest BCUT2D eigenvalue weighted by Gasteiger charge is 2.29. The molecule has 3 aromatic rings. The molecule has 8 heteroatoms. The normalized spacial score (nSPS) is 15.7. The molecule has 0 N–H and O–H groups in total. The van der Waals surface area contributed by atoms with Crippen LogP contribution in [-0.4, -0.2) is 53.4 Å². The molecule has 0 bridgehead atoms. The number of sulfonamides is 1. The summed E-state index contributed by atoms with van der Waals surface area (Å²) in [5.41, 5.74) is 1.04. The molecule has 146 valence electrons. The lowest BCUT2D eigenvalue weighted by atomic mass is 10.2. The lowest BCUT2D eigenvalue weighted by Gasteiger charge is -2.34. The van der Waals surface area contributed by atoms with Gasteiger partial charge in [-0.3, -0.25) is 0 Å². The number of hydrogen-bond donors (Lipinski definition) is 0. The van der Waals surface area contributed by atoms with Crippen LogP contribution in [0.25, 0.3) is 5.82 Å². The van der Waals surface area contributed by atoms with Gasteiger partial charge in [-0.1, -0.05) is 17.7 Å². The second-order valence-electron chi connectivity index (χ2n) is 6.93. The smallest absolute Gasteiger partial charge is 0.243 e. The first-order chi connectivity index (χ1) is 13.4. The summed E-state index contributed by atoms with van der Waals surface area (Å²) in [6, 6.07) is 12.8. The Morgan fingerprint density at radius 2 is 1.46 bits per heavy atom. The monoisotopic (exact) mass is 397 g/mol. The van der Waals surface area contributed by atoms with E-state index in [2.05, 4.69) is 14.9 Å². The Kier molecular flexibility index (Phi) is 4.91. The van der Waals surface area contributed by atoms with Crippen molar-refractivity contribution in [1.82, 2.24) is 18.8 Å². The second-order valence-corrected chi connectivity index (χ2v) is 8.86. The summed E-state index contributed by atoms with van der Waals surface area (Å²) in [5.74, 6) is 2.32. The number of anilines is 1. The Labute approximate surface area is 165 Å².